The van der Waals surface area contributed by atoms with E-state index in [4.69, 9.17) is 14.2 Å². The molecule has 6 unspecified atom stereocenters. The van der Waals surface area contributed by atoms with E-state index >= 15 is 0 Å². The number of aliphatic hydroxyl groups excluding tert-OH is 1. The molecule has 2 rings (SSSR count). The molecule has 22 heavy (non-hydrogen) atoms. The summed E-state index contributed by atoms with van der Waals surface area (Å²) in [6, 6.07) is 0. The molecule has 0 bridgehead atoms. The highest BCUT2D eigenvalue weighted by atomic mass is 16.7. The van der Waals surface area contributed by atoms with Crippen LogP contribution in [-0.4, -0.2) is 52.9 Å². The Morgan fingerprint density at radius 2 is 1.91 bits per heavy atom. The number of carbonyl (C=O) groups excluding carboxylic acids is 2. The average Bonchev–Trinajstić information content (AvgIpc) is 2.62. The minimum Gasteiger partial charge on any atom is -0.465 e. The number of ether oxygens (including phenoxy) is 3. The third-order valence-electron chi connectivity index (χ3n) is 4.43. The summed E-state index contributed by atoms with van der Waals surface area (Å²) in [7, 11) is 0. The van der Waals surface area contributed by atoms with Crippen LogP contribution in [0.5, 0.6) is 0 Å². The van der Waals surface area contributed by atoms with E-state index in [2.05, 4.69) is 0 Å². The predicted octanol–water partition coefficient (Wildman–Crippen LogP) is 0.142. The second-order valence-electron chi connectivity index (χ2n) is 6.14. The average molecular weight is 314 g/mol. The zero-order chi connectivity index (χ0) is 16.7. The summed E-state index contributed by atoms with van der Waals surface area (Å²) in [6.07, 6.45) is 0.376. The van der Waals surface area contributed by atoms with Crippen LogP contribution in [0, 0.1) is 11.3 Å². The van der Waals surface area contributed by atoms with Crippen molar-refractivity contribution in [1.82, 2.24) is 0 Å². The Labute approximate surface area is 128 Å². The van der Waals surface area contributed by atoms with Crippen LogP contribution in [0.25, 0.3) is 0 Å². The van der Waals surface area contributed by atoms with E-state index in [1.807, 2.05) is 6.92 Å². The minimum atomic E-state index is -1.79. The van der Waals surface area contributed by atoms with Crippen LogP contribution in [0.15, 0.2) is 12.2 Å². The molecule has 0 aromatic heterocycles. The lowest BCUT2D eigenvalue weighted by Gasteiger charge is -2.44. The van der Waals surface area contributed by atoms with Gasteiger partial charge in [0.25, 0.3) is 0 Å². The van der Waals surface area contributed by atoms with Gasteiger partial charge in [-0.2, -0.15) is 0 Å². The first kappa shape index (κ1) is 16.9. The van der Waals surface area contributed by atoms with Gasteiger partial charge in [-0.3, -0.25) is 9.59 Å². The minimum absolute atomic E-state index is 0.135. The molecule has 1 saturated heterocycles. The molecule has 6 atom stereocenters. The van der Waals surface area contributed by atoms with E-state index in [0.29, 0.717) is 0 Å². The van der Waals surface area contributed by atoms with Gasteiger partial charge >= 0.3 is 11.9 Å². The molecule has 0 aromatic rings. The maximum absolute atomic E-state index is 11.5. The molecule has 2 N–H and O–H groups in total. The quantitative estimate of drug-likeness (QED) is 0.564. The fourth-order valence-corrected chi connectivity index (χ4v) is 3.42. The smallest absolute Gasteiger partial charge is 0.303 e. The lowest BCUT2D eigenvalue weighted by Crippen LogP contribution is -2.57. The van der Waals surface area contributed by atoms with Crippen molar-refractivity contribution in [1.29, 1.82) is 0 Å². The van der Waals surface area contributed by atoms with Crippen molar-refractivity contribution in [2.24, 2.45) is 11.3 Å². The van der Waals surface area contributed by atoms with E-state index < -0.39 is 41.5 Å². The van der Waals surface area contributed by atoms with Gasteiger partial charge < -0.3 is 24.4 Å². The van der Waals surface area contributed by atoms with Crippen LogP contribution >= 0.6 is 0 Å². The van der Waals surface area contributed by atoms with Crippen LogP contribution in [0.4, 0.5) is 0 Å². The Morgan fingerprint density at radius 1 is 1.27 bits per heavy atom. The third-order valence-corrected chi connectivity index (χ3v) is 4.43. The summed E-state index contributed by atoms with van der Waals surface area (Å²) in [5.74, 6) is -3.14. The Bertz CT molecular complexity index is 498. The van der Waals surface area contributed by atoms with Crippen LogP contribution in [-0.2, 0) is 23.8 Å². The Hall–Kier alpha value is -1.44. The van der Waals surface area contributed by atoms with Gasteiger partial charge in [0.1, 0.15) is 12.7 Å². The number of fused-ring (bicyclic) bond motifs is 1. The van der Waals surface area contributed by atoms with Crippen molar-refractivity contribution in [2.75, 3.05) is 6.61 Å². The summed E-state index contributed by atoms with van der Waals surface area (Å²) in [5.41, 5.74) is -1.06. The van der Waals surface area contributed by atoms with Gasteiger partial charge in [0, 0.05) is 13.8 Å². The first-order valence-electron chi connectivity index (χ1n) is 7.18. The molecule has 1 aliphatic carbocycles. The molecule has 0 amide bonds. The van der Waals surface area contributed by atoms with Gasteiger partial charge in [-0.25, -0.2) is 0 Å². The second kappa shape index (κ2) is 5.64. The summed E-state index contributed by atoms with van der Waals surface area (Å²) in [6.45, 7) is 5.56. The van der Waals surface area contributed by atoms with Gasteiger partial charge in [0.05, 0.1) is 11.5 Å². The molecule has 0 aromatic carbocycles. The Kier molecular flexibility index (Phi) is 4.34. The van der Waals surface area contributed by atoms with Gasteiger partial charge in [0.2, 0.25) is 5.79 Å². The zero-order valence-electron chi connectivity index (χ0n) is 13.1. The Balaban J connectivity index is 2.49. The van der Waals surface area contributed by atoms with Crippen molar-refractivity contribution >= 4 is 11.9 Å². The van der Waals surface area contributed by atoms with E-state index in [9.17, 15) is 19.8 Å². The molecular formula is C15H22O7. The lowest BCUT2D eigenvalue weighted by atomic mass is 9.64. The molecule has 1 heterocycles. The normalized spacial score (nSPS) is 43.5. The molecule has 7 nitrogen and oxygen atoms in total. The van der Waals surface area contributed by atoms with E-state index in [1.165, 1.54) is 20.8 Å². The monoisotopic (exact) mass is 314 g/mol. The van der Waals surface area contributed by atoms with Crippen molar-refractivity contribution < 1.29 is 34.0 Å². The fraction of sp³-hybridized carbons (Fsp3) is 0.733. The molecule has 0 saturated carbocycles. The van der Waals surface area contributed by atoms with Gasteiger partial charge in [-0.15, -0.1) is 0 Å². The summed E-state index contributed by atoms with van der Waals surface area (Å²) >= 11 is 0. The number of aliphatic hydroxyl groups is 2. The summed E-state index contributed by atoms with van der Waals surface area (Å²) in [5, 5.41) is 20.7. The second-order valence-corrected chi connectivity index (χ2v) is 6.14. The SMILES string of the molecule is CC(=O)OCC12C(C)C=CC(O)C1OC(C)(O)C2OC(C)=O. The van der Waals surface area contributed by atoms with E-state index in [0.717, 1.165) is 0 Å². The van der Waals surface area contributed by atoms with Gasteiger partial charge in [-0.05, 0) is 12.8 Å². The standard InChI is InChI=1S/C15H22O7/c1-8-5-6-11(18)12-15(8,7-20-9(2)16)13(21-10(3)17)14(4,19)22-12/h5-6,8,11-13,18-19H,7H2,1-4H3. The zero-order valence-corrected chi connectivity index (χ0v) is 13.1. The number of allylic oxidation sites excluding steroid dienone is 1. The number of esters is 2. The maximum Gasteiger partial charge on any atom is 0.303 e. The molecule has 1 aliphatic heterocycles. The maximum atomic E-state index is 11.5. The van der Waals surface area contributed by atoms with Crippen LogP contribution in [0.1, 0.15) is 27.7 Å². The number of hydrogen-bond donors (Lipinski definition) is 2. The summed E-state index contributed by atoms with van der Waals surface area (Å²) in [4.78, 5) is 22.7. The molecule has 2 aliphatic rings. The third kappa shape index (κ3) is 2.64. The van der Waals surface area contributed by atoms with Gasteiger partial charge in [0.15, 0.2) is 6.10 Å². The molecule has 0 spiro atoms. The number of hydrogen-bond acceptors (Lipinski definition) is 7. The van der Waals surface area contributed by atoms with E-state index in [1.54, 1.807) is 12.2 Å². The highest BCUT2D eigenvalue weighted by Crippen LogP contribution is 2.53. The first-order valence-corrected chi connectivity index (χ1v) is 7.18. The summed E-state index contributed by atoms with van der Waals surface area (Å²) < 4.78 is 16.0. The highest BCUT2D eigenvalue weighted by molar-refractivity contribution is 5.67. The van der Waals surface area contributed by atoms with E-state index in [-0.39, 0.29) is 12.5 Å². The molecule has 0 radical (unpaired) electrons. The number of carbonyl (C=O) groups is 2. The molecule has 1 fully saturated rings. The molecular weight excluding hydrogens is 292 g/mol. The molecule has 124 valence electrons. The predicted molar refractivity (Wildman–Crippen MR) is 74.4 cm³/mol. The van der Waals surface area contributed by atoms with Crippen molar-refractivity contribution in [3.63, 3.8) is 0 Å². The largest absolute Gasteiger partial charge is 0.465 e. The molecule has 7 heteroatoms. The van der Waals surface area contributed by atoms with Crippen molar-refractivity contribution in [2.45, 2.75) is 51.8 Å². The first-order chi connectivity index (χ1) is 10.1. The van der Waals surface area contributed by atoms with Crippen LogP contribution in [0.2, 0.25) is 0 Å². The topological polar surface area (TPSA) is 102 Å². The lowest BCUT2D eigenvalue weighted by molar-refractivity contribution is -0.229. The Morgan fingerprint density at radius 3 is 2.45 bits per heavy atom. The van der Waals surface area contributed by atoms with Crippen molar-refractivity contribution in [3.05, 3.63) is 12.2 Å². The fourth-order valence-electron chi connectivity index (χ4n) is 3.42. The van der Waals surface area contributed by atoms with Crippen LogP contribution < -0.4 is 0 Å². The highest BCUT2D eigenvalue weighted by Gasteiger charge is 2.68. The van der Waals surface area contributed by atoms with Crippen LogP contribution in [0.3, 0.4) is 0 Å². The van der Waals surface area contributed by atoms with Crippen molar-refractivity contribution in [3.8, 4) is 0 Å². The number of rotatable bonds is 3. The van der Waals surface area contributed by atoms with Gasteiger partial charge in [-0.1, -0.05) is 19.1 Å².